The van der Waals surface area contributed by atoms with Crippen molar-refractivity contribution in [3.8, 4) is 0 Å². The standard InChI is InChI=1S/C14H27N3S/c1-5-6-7-15-13(18)17-16-12-8-11(2)9-14(3,4)10-12/h10-11,16H,5-9H2,1-4H3,(H2,15,17,18)/t11-/m0/s1. The lowest BCUT2D eigenvalue weighted by atomic mass is 9.76. The first-order valence-corrected chi connectivity index (χ1v) is 7.35. The fourth-order valence-electron chi connectivity index (χ4n) is 2.58. The van der Waals surface area contributed by atoms with Crippen LogP contribution in [0.25, 0.3) is 0 Å². The Morgan fingerprint density at radius 3 is 2.83 bits per heavy atom. The summed E-state index contributed by atoms with van der Waals surface area (Å²) < 4.78 is 0. The fourth-order valence-corrected chi connectivity index (χ4v) is 2.74. The summed E-state index contributed by atoms with van der Waals surface area (Å²) >= 11 is 5.21. The summed E-state index contributed by atoms with van der Waals surface area (Å²) in [5.74, 6) is 0.718. The van der Waals surface area contributed by atoms with Crippen LogP contribution < -0.4 is 16.2 Å². The molecule has 18 heavy (non-hydrogen) atoms. The molecule has 1 aliphatic carbocycles. The van der Waals surface area contributed by atoms with E-state index >= 15 is 0 Å². The summed E-state index contributed by atoms with van der Waals surface area (Å²) in [6.45, 7) is 9.97. The molecule has 0 fully saturated rings. The first-order valence-electron chi connectivity index (χ1n) is 6.94. The molecule has 0 aromatic heterocycles. The van der Waals surface area contributed by atoms with Gasteiger partial charge >= 0.3 is 0 Å². The van der Waals surface area contributed by atoms with Crippen molar-refractivity contribution < 1.29 is 0 Å². The third-order valence-corrected chi connectivity index (χ3v) is 3.41. The summed E-state index contributed by atoms with van der Waals surface area (Å²) in [5.41, 5.74) is 7.84. The zero-order chi connectivity index (χ0) is 13.6. The van der Waals surface area contributed by atoms with Gasteiger partial charge in [-0.25, -0.2) is 0 Å². The van der Waals surface area contributed by atoms with E-state index in [-0.39, 0.29) is 5.41 Å². The minimum atomic E-state index is 0.277. The molecule has 104 valence electrons. The number of hydrogen-bond donors (Lipinski definition) is 3. The second kappa shape index (κ2) is 6.98. The van der Waals surface area contributed by atoms with Crippen LogP contribution in [0.5, 0.6) is 0 Å². The molecule has 0 amide bonds. The lowest BCUT2D eigenvalue weighted by molar-refractivity contribution is 0.313. The van der Waals surface area contributed by atoms with E-state index in [0.717, 1.165) is 25.3 Å². The minimum Gasteiger partial charge on any atom is -0.361 e. The van der Waals surface area contributed by atoms with E-state index < -0.39 is 0 Å². The van der Waals surface area contributed by atoms with Crippen molar-refractivity contribution in [1.29, 1.82) is 0 Å². The fraction of sp³-hybridized carbons (Fsp3) is 0.786. The number of rotatable bonds is 5. The summed E-state index contributed by atoms with van der Waals surface area (Å²) in [7, 11) is 0. The Bertz CT molecular complexity index is 310. The van der Waals surface area contributed by atoms with Crippen molar-refractivity contribution in [2.24, 2.45) is 11.3 Å². The van der Waals surface area contributed by atoms with Gasteiger partial charge in [-0.1, -0.05) is 40.2 Å². The molecule has 0 spiro atoms. The first-order chi connectivity index (χ1) is 8.43. The van der Waals surface area contributed by atoms with Crippen molar-refractivity contribution in [3.05, 3.63) is 11.8 Å². The van der Waals surface area contributed by atoms with Crippen LogP contribution in [0.1, 0.15) is 53.4 Å². The molecular weight excluding hydrogens is 242 g/mol. The Kier molecular flexibility index (Phi) is 5.93. The Hall–Kier alpha value is -0.770. The van der Waals surface area contributed by atoms with Gasteiger partial charge < -0.3 is 10.7 Å². The normalized spacial score (nSPS) is 22.0. The van der Waals surface area contributed by atoms with Gasteiger partial charge in [-0.05, 0) is 42.8 Å². The maximum atomic E-state index is 5.21. The Morgan fingerprint density at radius 2 is 2.22 bits per heavy atom. The monoisotopic (exact) mass is 269 g/mol. The number of allylic oxidation sites excluding steroid dienone is 2. The highest BCUT2D eigenvalue weighted by atomic mass is 32.1. The number of nitrogens with one attached hydrogen (secondary N) is 3. The first kappa shape index (κ1) is 15.3. The van der Waals surface area contributed by atoms with E-state index in [1.807, 2.05) is 0 Å². The highest BCUT2D eigenvalue weighted by molar-refractivity contribution is 7.80. The molecule has 3 nitrogen and oxygen atoms in total. The van der Waals surface area contributed by atoms with Crippen molar-refractivity contribution in [2.45, 2.75) is 53.4 Å². The lowest BCUT2D eigenvalue weighted by Crippen LogP contribution is -2.44. The van der Waals surface area contributed by atoms with Crippen LogP contribution in [0.2, 0.25) is 0 Å². The minimum absolute atomic E-state index is 0.277. The highest BCUT2D eigenvalue weighted by Crippen LogP contribution is 2.35. The van der Waals surface area contributed by atoms with Gasteiger partial charge in [-0.3, -0.25) is 5.43 Å². The van der Waals surface area contributed by atoms with Gasteiger partial charge in [0.05, 0.1) is 0 Å². The molecule has 3 N–H and O–H groups in total. The molecule has 0 unspecified atom stereocenters. The van der Waals surface area contributed by atoms with Gasteiger partial charge in [0.1, 0.15) is 0 Å². The molecule has 0 aliphatic heterocycles. The van der Waals surface area contributed by atoms with Gasteiger partial charge in [0.15, 0.2) is 5.11 Å². The van der Waals surface area contributed by atoms with Gasteiger partial charge in [0, 0.05) is 12.2 Å². The maximum Gasteiger partial charge on any atom is 0.185 e. The van der Waals surface area contributed by atoms with Crippen molar-refractivity contribution in [2.75, 3.05) is 6.54 Å². The molecule has 1 atom stereocenters. The molecule has 0 saturated carbocycles. The van der Waals surface area contributed by atoms with Gasteiger partial charge in [-0.2, -0.15) is 0 Å². The lowest BCUT2D eigenvalue weighted by Gasteiger charge is -2.32. The van der Waals surface area contributed by atoms with Crippen LogP contribution in [0.15, 0.2) is 11.8 Å². The topological polar surface area (TPSA) is 36.1 Å². The van der Waals surface area contributed by atoms with E-state index in [1.54, 1.807) is 0 Å². The van der Waals surface area contributed by atoms with Gasteiger partial charge in [0.2, 0.25) is 0 Å². The Morgan fingerprint density at radius 1 is 1.50 bits per heavy atom. The average Bonchev–Trinajstić information content (AvgIpc) is 2.24. The van der Waals surface area contributed by atoms with Crippen molar-refractivity contribution >= 4 is 17.3 Å². The molecule has 0 bridgehead atoms. The molecule has 1 aliphatic rings. The van der Waals surface area contributed by atoms with Crippen LogP contribution in [0, 0.1) is 11.3 Å². The van der Waals surface area contributed by atoms with Crippen LogP contribution in [-0.2, 0) is 0 Å². The number of thiocarbonyl (C=S) groups is 1. The van der Waals surface area contributed by atoms with Crippen molar-refractivity contribution in [1.82, 2.24) is 16.2 Å². The number of hydrogen-bond acceptors (Lipinski definition) is 2. The largest absolute Gasteiger partial charge is 0.361 e. The summed E-state index contributed by atoms with van der Waals surface area (Å²) in [6, 6.07) is 0. The maximum absolute atomic E-state index is 5.21. The predicted octanol–water partition coefficient (Wildman–Crippen LogP) is 3.10. The van der Waals surface area contributed by atoms with E-state index in [1.165, 1.54) is 18.5 Å². The van der Waals surface area contributed by atoms with Crippen LogP contribution >= 0.6 is 12.2 Å². The quantitative estimate of drug-likeness (QED) is 0.407. The van der Waals surface area contributed by atoms with Gasteiger partial charge in [-0.15, -0.1) is 0 Å². The molecule has 0 heterocycles. The molecular formula is C14H27N3S. The molecule has 0 aromatic carbocycles. The summed E-state index contributed by atoms with van der Waals surface area (Å²) in [5, 5.41) is 3.87. The molecule has 4 heteroatoms. The van der Waals surface area contributed by atoms with Crippen LogP contribution in [-0.4, -0.2) is 11.7 Å². The average molecular weight is 269 g/mol. The second-order valence-corrected chi connectivity index (χ2v) is 6.44. The third-order valence-electron chi connectivity index (χ3n) is 3.16. The van der Waals surface area contributed by atoms with E-state index in [0.29, 0.717) is 5.11 Å². The predicted molar refractivity (Wildman–Crippen MR) is 82.0 cm³/mol. The zero-order valence-corrected chi connectivity index (χ0v) is 12.9. The number of unbranched alkanes of at least 4 members (excludes halogenated alkanes) is 1. The molecule has 0 saturated heterocycles. The molecule has 0 aromatic rings. The van der Waals surface area contributed by atoms with Crippen molar-refractivity contribution in [3.63, 3.8) is 0 Å². The second-order valence-electron chi connectivity index (χ2n) is 6.03. The van der Waals surface area contributed by atoms with E-state index in [4.69, 9.17) is 12.2 Å². The third kappa shape index (κ3) is 5.71. The zero-order valence-electron chi connectivity index (χ0n) is 12.1. The number of hydrazine groups is 1. The van der Waals surface area contributed by atoms with Gasteiger partial charge in [0.25, 0.3) is 0 Å². The Labute approximate surface area is 117 Å². The van der Waals surface area contributed by atoms with E-state index in [9.17, 15) is 0 Å². The SMILES string of the molecule is CCCCNC(=S)NNC1=CC(C)(C)C[C@@H](C)C1. The van der Waals surface area contributed by atoms with Crippen LogP contribution in [0.3, 0.4) is 0 Å². The molecule has 0 radical (unpaired) electrons. The molecule has 1 rings (SSSR count). The van der Waals surface area contributed by atoms with Crippen LogP contribution in [0.4, 0.5) is 0 Å². The highest BCUT2D eigenvalue weighted by Gasteiger charge is 2.25. The smallest absolute Gasteiger partial charge is 0.185 e. The summed E-state index contributed by atoms with van der Waals surface area (Å²) in [4.78, 5) is 0. The Balaban J connectivity index is 2.34. The van der Waals surface area contributed by atoms with E-state index in [2.05, 4.69) is 49.9 Å². The summed E-state index contributed by atoms with van der Waals surface area (Å²) in [6.07, 6.45) is 6.98.